The maximum Gasteiger partial charge on any atom is 0.252 e. The maximum atomic E-state index is 10.2. The molecule has 0 spiro atoms. The minimum atomic E-state index is -1.00. The third kappa shape index (κ3) is 8.76. The first-order valence-electron chi connectivity index (χ1n) is 43.6. The first kappa shape index (κ1) is 40.2. The molecule has 0 saturated heterocycles. The molecule has 6 heteroatoms. The summed E-state index contributed by atoms with van der Waals surface area (Å²) in [7, 11) is 0. The lowest BCUT2D eigenvalue weighted by atomic mass is 9.33. The fourth-order valence-corrected chi connectivity index (χ4v) is 15.6. The van der Waals surface area contributed by atoms with Gasteiger partial charge >= 0.3 is 0 Å². The van der Waals surface area contributed by atoms with Crippen molar-refractivity contribution in [2.75, 3.05) is 9.80 Å². The second kappa shape index (κ2) is 22.5. The predicted octanol–water partition coefficient (Wildman–Crippen LogP) is 23.0. The van der Waals surface area contributed by atoms with Gasteiger partial charge in [-0.3, -0.25) is 0 Å². The minimum absolute atomic E-state index is 0.103. The summed E-state index contributed by atoms with van der Waals surface area (Å²) in [6.45, 7) is 5.37. The van der Waals surface area contributed by atoms with Crippen LogP contribution < -0.4 is 26.2 Å². The van der Waals surface area contributed by atoms with Crippen molar-refractivity contribution < 1.29 is 28.8 Å². The molecule has 0 fully saturated rings. The van der Waals surface area contributed by atoms with Crippen LogP contribution in [-0.4, -0.2) is 20.4 Å². The Bertz CT molecular complexity index is 7410. The fraction of sp³-hybridized carbons (Fsp3) is 0.0426. The molecule has 18 aromatic rings. The summed E-state index contributed by atoms with van der Waals surface area (Å²) in [5.41, 5.74) is 11.1. The number of fused-ring (bicyclic) bond motifs is 13. The van der Waals surface area contributed by atoms with Crippen LogP contribution in [0.3, 0.4) is 0 Å². The van der Waals surface area contributed by atoms with Crippen molar-refractivity contribution in [2.45, 2.75) is 26.2 Å². The number of anilines is 6. The zero-order valence-corrected chi connectivity index (χ0v) is 54.1. The molecule has 2 aliphatic heterocycles. The Balaban J connectivity index is 1.06. The highest BCUT2D eigenvalue weighted by molar-refractivity contribution is 7.00. The first-order valence-corrected chi connectivity index (χ1v) is 33.1. The van der Waals surface area contributed by atoms with Gasteiger partial charge in [-0.05, 0) is 146 Å². The Labute approximate surface area is 611 Å². The average Bonchev–Trinajstić information content (AvgIpc) is 1.68. The van der Waals surface area contributed by atoms with Gasteiger partial charge in [-0.25, -0.2) is 0 Å². The molecule has 0 aliphatic carbocycles. The average molecular weight is 1300 g/mol. The van der Waals surface area contributed by atoms with E-state index < -0.39 is 139 Å². The van der Waals surface area contributed by atoms with E-state index in [4.69, 9.17) is 4.11 Å². The molecule has 0 unspecified atom stereocenters. The Morgan fingerprint density at radius 1 is 0.290 bits per heavy atom. The van der Waals surface area contributed by atoms with Crippen molar-refractivity contribution in [3.8, 4) is 61.6 Å². The molecule has 15 aromatic carbocycles. The molecule has 5 heterocycles. The van der Waals surface area contributed by atoms with Crippen LogP contribution in [0.25, 0.3) is 127 Å². The van der Waals surface area contributed by atoms with E-state index in [1.807, 2.05) is 176 Å². The normalized spacial score (nSPS) is 15.6. The molecule has 0 amide bonds. The molecule has 2 aliphatic rings. The van der Waals surface area contributed by atoms with E-state index in [9.17, 15) is 24.7 Å². The summed E-state index contributed by atoms with van der Waals surface area (Å²) >= 11 is 0. The van der Waals surface area contributed by atoms with Crippen molar-refractivity contribution in [3.05, 3.63) is 351 Å². The SMILES string of the molecule is [2H]c1c([2H])c([2H])c(-c2ccc3c(c2)N(c2c(-c4ccccc4)ccc4c2c2ccccc2n4-c2ccccc2)c2cc(-n4c5c([2H])c([2H])c([2H])c([2H])c5c5c([2H])c([2H])c([2H])c([2H])c54)cc4c2B3c2ccc(-n3c5c([2H])c([2H])c([2H])c([2H])c5c5c([2H])c([2H])c([2H])c([2H])c53)cc2N4c2c(-c3ccccc3)cc(C(C)(C)C)cc2-c2ccccc2)c([2H])c1[2H]. The van der Waals surface area contributed by atoms with E-state index in [1.165, 1.54) is 9.13 Å². The van der Waals surface area contributed by atoms with E-state index >= 15 is 0 Å². The molecular weight excluding hydrogens is 1210 g/mol. The lowest BCUT2D eigenvalue weighted by Gasteiger charge is -2.46. The number of benzene rings is 15. The van der Waals surface area contributed by atoms with Crippen molar-refractivity contribution in [1.29, 1.82) is 0 Å². The molecule has 0 saturated carbocycles. The lowest BCUT2D eigenvalue weighted by Crippen LogP contribution is -2.61. The third-order valence-corrected chi connectivity index (χ3v) is 19.9. The predicted molar refractivity (Wildman–Crippen MR) is 424 cm³/mol. The molecule has 5 nitrogen and oxygen atoms in total. The van der Waals surface area contributed by atoms with Gasteiger partial charge in [-0.2, -0.15) is 0 Å². The summed E-state index contributed by atoms with van der Waals surface area (Å²) in [6.07, 6.45) is 0. The van der Waals surface area contributed by atoms with Crippen LogP contribution in [0.1, 0.15) is 55.1 Å². The highest BCUT2D eigenvalue weighted by Gasteiger charge is 2.46. The van der Waals surface area contributed by atoms with Crippen molar-refractivity contribution >= 4 is 123 Å². The molecule has 100 heavy (non-hydrogen) atoms. The van der Waals surface area contributed by atoms with Gasteiger partial charge in [0.05, 0.1) is 78.9 Å². The molecule has 0 N–H and O–H groups in total. The smallest absolute Gasteiger partial charge is 0.252 e. The number of hydrogen-bond acceptors (Lipinski definition) is 2. The monoisotopic (exact) mass is 1300 g/mol. The first-order chi connectivity index (χ1) is 58.0. The van der Waals surface area contributed by atoms with Gasteiger partial charge in [-0.1, -0.05) is 275 Å². The summed E-state index contributed by atoms with van der Waals surface area (Å²) < 4.78 is 206. The molecule has 3 aromatic heterocycles. The van der Waals surface area contributed by atoms with Crippen LogP contribution in [0.15, 0.2) is 345 Å². The van der Waals surface area contributed by atoms with E-state index in [0.29, 0.717) is 72.6 Å². The quantitative estimate of drug-likeness (QED) is 0.134. The van der Waals surface area contributed by atoms with Crippen molar-refractivity contribution in [1.82, 2.24) is 13.7 Å². The van der Waals surface area contributed by atoms with Gasteiger partial charge in [0.25, 0.3) is 6.71 Å². The molecule has 20 rings (SSSR count). The highest BCUT2D eigenvalue weighted by Crippen LogP contribution is 2.56. The highest BCUT2D eigenvalue weighted by atomic mass is 15.2. The minimum Gasteiger partial charge on any atom is -0.310 e. The summed E-state index contributed by atoms with van der Waals surface area (Å²) in [4.78, 5) is 4.23. The van der Waals surface area contributed by atoms with Gasteiger partial charge in [0.15, 0.2) is 0 Å². The second-order valence-electron chi connectivity index (χ2n) is 26.4. The maximum absolute atomic E-state index is 10.2. The second-order valence-corrected chi connectivity index (χ2v) is 26.4. The Morgan fingerprint density at radius 3 is 1.28 bits per heavy atom. The Kier molecular flexibility index (Phi) is 9.03. The lowest BCUT2D eigenvalue weighted by molar-refractivity contribution is 0.591. The Hall–Kier alpha value is -12.6. The number of nitrogens with zero attached hydrogens (tertiary/aromatic N) is 5. The summed E-state index contributed by atoms with van der Waals surface area (Å²) in [5, 5.41) is 0.792. The van der Waals surface area contributed by atoms with Crippen LogP contribution in [0, 0.1) is 0 Å². The third-order valence-electron chi connectivity index (χ3n) is 19.9. The van der Waals surface area contributed by atoms with Crippen LogP contribution in [0.5, 0.6) is 0 Å². The van der Waals surface area contributed by atoms with Crippen LogP contribution in [0.2, 0.25) is 0 Å². The van der Waals surface area contributed by atoms with Crippen LogP contribution in [0.4, 0.5) is 34.1 Å². The van der Waals surface area contributed by atoms with Gasteiger partial charge < -0.3 is 23.5 Å². The standard InChI is InChI=1S/C94H66BN5/c1-94(2,3)66-56-76(63-33-13-6-14-34-63)92(77(57-66)64-35-15-7-16-36-64)99-87-58-68(97-80-44-24-19-39-71(80)72-40-20-25-45-81(72)97)50-53-79(87)95-78-52-49-65(61-29-9-4-10-30-61)55-86(78)100(89-60-69(59-88(99)91(89)95)98-82-46-26-21-41-73(82)74-42-22-27-47-83(74)98)93-70(62-31-11-5-12-32-62)51-54-85-90(93)75-43-23-28-48-84(75)96(85)67-37-17-8-18-38-67/h4-60H,1-3H3/i4D,9D,10D,19D,20D,21D,22D,24D,25D,26D,27D,29D,30D,39D,40D,41D,42D,44D,45D,46D,47D. The van der Waals surface area contributed by atoms with Crippen molar-refractivity contribution in [2.24, 2.45) is 0 Å². The zero-order chi connectivity index (χ0) is 84.6. The molecule has 0 atom stereocenters. The van der Waals surface area contributed by atoms with E-state index in [0.717, 1.165) is 44.4 Å². The van der Waals surface area contributed by atoms with E-state index in [1.54, 1.807) is 12.1 Å². The zero-order valence-electron chi connectivity index (χ0n) is 75.1. The van der Waals surface area contributed by atoms with Crippen LogP contribution in [-0.2, 0) is 5.41 Å². The van der Waals surface area contributed by atoms with Crippen molar-refractivity contribution in [3.63, 3.8) is 0 Å². The summed E-state index contributed by atoms with van der Waals surface area (Å²) in [6, 6.07) is 58.2. The van der Waals surface area contributed by atoms with Gasteiger partial charge in [0.2, 0.25) is 0 Å². The van der Waals surface area contributed by atoms with Gasteiger partial charge in [-0.15, -0.1) is 0 Å². The number of aromatic nitrogens is 3. The number of para-hydroxylation sites is 6. The molecular formula is C94H66BN5. The number of hydrogen-bond donors (Lipinski definition) is 0. The van der Waals surface area contributed by atoms with E-state index in [-0.39, 0.29) is 66.1 Å². The topological polar surface area (TPSA) is 21.3 Å². The van der Waals surface area contributed by atoms with E-state index in [2.05, 4.69) is 65.5 Å². The van der Waals surface area contributed by atoms with Gasteiger partial charge in [0.1, 0.15) is 0 Å². The summed E-state index contributed by atoms with van der Waals surface area (Å²) in [5.74, 6) is 0. The molecule has 470 valence electrons. The molecule has 0 radical (unpaired) electrons. The van der Waals surface area contributed by atoms with Crippen LogP contribution >= 0.6 is 0 Å². The fourth-order valence-electron chi connectivity index (χ4n) is 15.6. The molecule has 0 bridgehead atoms. The number of rotatable bonds is 9. The largest absolute Gasteiger partial charge is 0.310 e. The van der Waals surface area contributed by atoms with Gasteiger partial charge in [0, 0.05) is 83.1 Å². The Morgan fingerprint density at radius 2 is 0.730 bits per heavy atom.